The summed E-state index contributed by atoms with van der Waals surface area (Å²) in [5.74, 6) is 0.131. The first-order valence-corrected chi connectivity index (χ1v) is 4.79. The molecule has 0 spiro atoms. The summed E-state index contributed by atoms with van der Waals surface area (Å²) >= 11 is 0. The molecule has 0 aromatic carbocycles. The van der Waals surface area contributed by atoms with E-state index < -0.39 is 0 Å². The van der Waals surface area contributed by atoms with Gasteiger partial charge in [0.25, 0.3) is 0 Å². The average Bonchev–Trinajstić information content (AvgIpc) is 2.83. The maximum absolute atomic E-state index is 11.4. The number of amides is 1. The summed E-state index contributed by atoms with van der Waals surface area (Å²) in [5, 5.41) is 2.95. The molecule has 0 heterocycles. The molecule has 0 aromatic rings. The van der Waals surface area contributed by atoms with E-state index >= 15 is 0 Å². The summed E-state index contributed by atoms with van der Waals surface area (Å²) in [6, 6.07) is 0.617. The topological polar surface area (TPSA) is 58.4 Å². The standard InChI is InChI=1S/C9H19N3O/c1-12(2)8(6-10)5-9(13)11-7-3-4-7/h7-8H,3-6,10H2,1-2H3,(H,11,13). The molecule has 1 rings (SSSR count). The van der Waals surface area contributed by atoms with Crippen molar-refractivity contribution in [1.29, 1.82) is 0 Å². The van der Waals surface area contributed by atoms with E-state index in [2.05, 4.69) is 5.32 Å². The van der Waals surface area contributed by atoms with E-state index in [-0.39, 0.29) is 11.9 Å². The first-order chi connectivity index (χ1) is 6.13. The molecule has 1 saturated carbocycles. The van der Waals surface area contributed by atoms with Crippen LogP contribution in [0.4, 0.5) is 0 Å². The van der Waals surface area contributed by atoms with Gasteiger partial charge in [-0.3, -0.25) is 4.79 Å². The zero-order chi connectivity index (χ0) is 9.84. The summed E-state index contributed by atoms with van der Waals surface area (Å²) in [5.41, 5.74) is 5.55. The minimum atomic E-state index is 0.131. The summed E-state index contributed by atoms with van der Waals surface area (Å²) < 4.78 is 0. The highest BCUT2D eigenvalue weighted by molar-refractivity contribution is 5.77. The van der Waals surface area contributed by atoms with Gasteiger partial charge in [0.2, 0.25) is 5.91 Å². The molecular weight excluding hydrogens is 166 g/mol. The third-order valence-electron chi connectivity index (χ3n) is 2.37. The Labute approximate surface area is 79.5 Å². The first-order valence-electron chi connectivity index (χ1n) is 4.79. The number of hydrogen-bond acceptors (Lipinski definition) is 3. The van der Waals surface area contributed by atoms with Crippen molar-refractivity contribution in [2.75, 3.05) is 20.6 Å². The molecule has 1 amide bonds. The van der Waals surface area contributed by atoms with Crippen molar-refractivity contribution in [3.63, 3.8) is 0 Å². The smallest absolute Gasteiger partial charge is 0.221 e. The molecule has 3 N–H and O–H groups in total. The molecule has 0 saturated heterocycles. The third-order valence-corrected chi connectivity index (χ3v) is 2.37. The molecule has 4 heteroatoms. The molecule has 13 heavy (non-hydrogen) atoms. The number of hydrogen-bond donors (Lipinski definition) is 2. The summed E-state index contributed by atoms with van der Waals surface area (Å²) in [6.07, 6.45) is 2.79. The van der Waals surface area contributed by atoms with Crippen LogP contribution in [0.25, 0.3) is 0 Å². The predicted octanol–water partition coefficient (Wildman–Crippen LogP) is -0.456. The largest absolute Gasteiger partial charge is 0.353 e. The number of nitrogens with zero attached hydrogens (tertiary/aromatic N) is 1. The highest BCUT2D eigenvalue weighted by Gasteiger charge is 2.24. The van der Waals surface area contributed by atoms with Gasteiger partial charge in [-0.15, -0.1) is 0 Å². The Morgan fingerprint density at radius 1 is 1.62 bits per heavy atom. The molecule has 1 unspecified atom stereocenters. The summed E-state index contributed by atoms with van der Waals surface area (Å²) in [4.78, 5) is 13.4. The second-order valence-electron chi connectivity index (χ2n) is 3.90. The fourth-order valence-corrected chi connectivity index (χ4v) is 1.20. The van der Waals surface area contributed by atoms with Crippen molar-refractivity contribution >= 4 is 5.91 Å². The Kier molecular flexibility index (Phi) is 3.69. The van der Waals surface area contributed by atoms with Crippen molar-refractivity contribution < 1.29 is 4.79 Å². The van der Waals surface area contributed by atoms with Crippen LogP contribution in [0.1, 0.15) is 19.3 Å². The van der Waals surface area contributed by atoms with Gasteiger partial charge in [0.05, 0.1) is 0 Å². The molecule has 0 radical (unpaired) electrons. The van der Waals surface area contributed by atoms with Crippen LogP contribution >= 0.6 is 0 Å². The lowest BCUT2D eigenvalue weighted by Crippen LogP contribution is -2.40. The Bertz CT molecular complexity index is 178. The van der Waals surface area contributed by atoms with Gasteiger partial charge in [0.1, 0.15) is 0 Å². The highest BCUT2D eigenvalue weighted by atomic mass is 16.1. The number of likely N-dealkylation sites (N-methyl/N-ethyl adjacent to an activating group) is 1. The molecule has 1 aliphatic rings. The second-order valence-corrected chi connectivity index (χ2v) is 3.90. The van der Waals surface area contributed by atoms with Crippen LogP contribution in [0, 0.1) is 0 Å². The SMILES string of the molecule is CN(C)C(CN)CC(=O)NC1CC1. The van der Waals surface area contributed by atoms with E-state index in [1.165, 1.54) is 0 Å². The van der Waals surface area contributed by atoms with E-state index in [1.807, 2.05) is 19.0 Å². The van der Waals surface area contributed by atoms with Gasteiger partial charge in [0, 0.05) is 25.0 Å². The molecular formula is C9H19N3O. The van der Waals surface area contributed by atoms with Gasteiger partial charge >= 0.3 is 0 Å². The second kappa shape index (κ2) is 4.58. The van der Waals surface area contributed by atoms with Crippen LogP contribution in [0.2, 0.25) is 0 Å². The highest BCUT2D eigenvalue weighted by Crippen LogP contribution is 2.18. The number of nitrogens with two attached hydrogens (primary N) is 1. The zero-order valence-corrected chi connectivity index (χ0v) is 8.42. The van der Waals surface area contributed by atoms with E-state index in [1.54, 1.807) is 0 Å². The lowest BCUT2D eigenvalue weighted by Gasteiger charge is -2.21. The molecule has 0 bridgehead atoms. The molecule has 76 valence electrons. The van der Waals surface area contributed by atoms with Gasteiger partial charge in [-0.2, -0.15) is 0 Å². The lowest BCUT2D eigenvalue weighted by atomic mass is 10.2. The number of carbonyl (C=O) groups is 1. The Morgan fingerprint density at radius 3 is 2.62 bits per heavy atom. The number of carbonyl (C=O) groups excluding carboxylic acids is 1. The molecule has 4 nitrogen and oxygen atoms in total. The van der Waals surface area contributed by atoms with Crippen LogP contribution in [-0.2, 0) is 4.79 Å². The van der Waals surface area contributed by atoms with Crippen molar-refractivity contribution in [3.8, 4) is 0 Å². The Hall–Kier alpha value is -0.610. The van der Waals surface area contributed by atoms with Crippen LogP contribution < -0.4 is 11.1 Å². The van der Waals surface area contributed by atoms with Gasteiger partial charge in [-0.05, 0) is 26.9 Å². The molecule has 1 fully saturated rings. The maximum atomic E-state index is 11.4. The van der Waals surface area contributed by atoms with Crippen molar-refractivity contribution in [2.24, 2.45) is 5.73 Å². The minimum Gasteiger partial charge on any atom is -0.353 e. The fraction of sp³-hybridized carbons (Fsp3) is 0.889. The number of rotatable bonds is 5. The maximum Gasteiger partial charge on any atom is 0.221 e. The van der Waals surface area contributed by atoms with E-state index in [0.29, 0.717) is 19.0 Å². The quantitative estimate of drug-likeness (QED) is 0.609. The predicted molar refractivity (Wildman–Crippen MR) is 52.3 cm³/mol. The normalized spacial score (nSPS) is 18.8. The van der Waals surface area contributed by atoms with E-state index in [4.69, 9.17) is 5.73 Å². The summed E-state index contributed by atoms with van der Waals surface area (Å²) in [6.45, 7) is 0.533. The zero-order valence-electron chi connectivity index (χ0n) is 8.42. The Morgan fingerprint density at radius 2 is 2.23 bits per heavy atom. The van der Waals surface area contributed by atoms with Gasteiger partial charge in [-0.25, -0.2) is 0 Å². The molecule has 0 aromatic heterocycles. The fourth-order valence-electron chi connectivity index (χ4n) is 1.20. The van der Waals surface area contributed by atoms with Gasteiger partial charge in [0.15, 0.2) is 0 Å². The van der Waals surface area contributed by atoms with Crippen LogP contribution in [-0.4, -0.2) is 43.5 Å². The van der Waals surface area contributed by atoms with E-state index in [9.17, 15) is 4.79 Å². The molecule has 1 atom stereocenters. The first kappa shape index (κ1) is 10.5. The van der Waals surface area contributed by atoms with E-state index in [0.717, 1.165) is 12.8 Å². The number of nitrogens with one attached hydrogen (secondary N) is 1. The van der Waals surface area contributed by atoms with Crippen LogP contribution in [0.15, 0.2) is 0 Å². The minimum absolute atomic E-state index is 0.131. The van der Waals surface area contributed by atoms with Crippen molar-refractivity contribution in [3.05, 3.63) is 0 Å². The third kappa shape index (κ3) is 3.74. The molecule has 0 aliphatic heterocycles. The van der Waals surface area contributed by atoms with Gasteiger partial charge < -0.3 is 16.0 Å². The Balaban J connectivity index is 2.22. The average molecular weight is 185 g/mol. The van der Waals surface area contributed by atoms with Crippen molar-refractivity contribution in [1.82, 2.24) is 10.2 Å². The summed E-state index contributed by atoms with van der Waals surface area (Å²) in [7, 11) is 3.89. The van der Waals surface area contributed by atoms with Crippen LogP contribution in [0.5, 0.6) is 0 Å². The lowest BCUT2D eigenvalue weighted by molar-refractivity contribution is -0.122. The van der Waals surface area contributed by atoms with Crippen LogP contribution in [0.3, 0.4) is 0 Å². The monoisotopic (exact) mass is 185 g/mol. The van der Waals surface area contributed by atoms with Gasteiger partial charge in [-0.1, -0.05) is 0 Å². The molecule has 1 aliphatic carbocycles. The van der Waals surface area contributed by atoms with Crippen molar-refractivity contribution in [2.45, 2.75) is 31.3 Å².